The van der Waals surface area contributed by atoms with Crippen molar-refractivity contribution in [1.82, 2.24) is 0 Å². The first-order valence-electron chi connectivity index (χ1n) is 4.13. The molecule has 0 saturated heterocycles. The quantitative estimate of drug-likeness (QED) is 0.472. The van der Waals surface area contributed by atoms with E-state index in [-0.39, 0.29) is 11.7 Å². The van der Waals surface area contributed by atoms with Gasteiger partial charge in [0.15, 0.2) is 0 Å². The topological polar surface area (TPSA) is 57.5 Å². The number of unbranched alkanes of at least 4 members (excludes halogenated alkanes) is 1. The normalized spacial score (nSPS) is 12.5. The SMILES string of the molecule is C=C(CCCC[C@@H](C)O)C(=O)O. The molecule has 2 N–H and O–H groups in total. The fraction of sp³-hybridized carbons (Fsp3) is 0.667. The zero-order valence-corrected chi connectivity index (χ0v) is 7.42. The molecule has 0 aliphatic heterocycles. The van der Waals surface area contributed by atoms with E-state index in [1.165, 1.54) is 0 Å². The van der Waals surface area contributed by atoms with Gasteiger partial charge in [0.25, 0.3) is 0 Å². The molecule has 0 fully saturated rings. The van der Waals surface area contributed by atoms with Crippen molar-refractivity contribution in [3.8, 4) is 0 Å². The molecule has 1 atom stereocenters. The van der Waals surface area contributed by atoms with E-state index in [0.717, 1.165) is 19.3 Å². The van der Waals surface area contributed by atoms with Crippen molar-refractivity contribution < 1.29 is 15.0 Å². The molecule has 0 bridgehead atoms. The van der Waals surface area contributed by atoms with Crippen molar-refractivity contribution in [3.63, 3.8) is 0 Å². The number of carboxylic acid groups (broad SMARTS) is 1. The third-order valence-corrected chi connectivity index (χ3v) is 1.65. The van der Waals surface area contributed by atoms with Crippen LogP contribution in [0.2, 0.25) is 0 Å². The Balaban J connectivity index is 3.32. The van der Waals surface area contributed by atoms with Crippen LogP contribution in [0.3, 0.4) is 0 Å². The summed E-state index contributed by atoms with van der Waals surface area (Å²) in [7, 11) is 0. The van der Waals surface area contributed by atoms with Crippen LogP contribution in [0.15, 0.2) is 12.2 Å². The van der Waals surface area contributed by atoms with Gasteiger partial charge in [0.2, 0.25) is 0 Å². The Bertz CT molecular complexity index is 161. The molecule has 0 aromatic carbocycles. The predicted octanol–water partition coefficient (Wildman–Crippen LogP) is 1.57. The molecular weight excluding hydrogens is 156 g/mol. The zero-order chi connectivity index (χ0) is 9.56. The fourth-order valence-corrected chi connectivity index (χ4v) is 0.885. The van der Waals surface area contributed by atoms with Crippen molar-refractivity contribution in [2.75, 3.05) is 0 Å². The Kier molecular flexibility index (Phi) is 5.37. The van der Waals surface area contributed by atoms with Crippen LogP contribution in [0.5, 0.6) is 0 Å². The highest BCUT2D eigenvalue weighted by Gasteiger charge is 2.03. The van der Waals surface area contributed by atoms with E-state index >= 15 is 0 Å². The second-order valence-corrected chi connectivity index (χ2v) is 3.00. The van der Waals surface area contributed by atoms with Gasteiger partial charge in [0.05, 0.1) is 6.10 Å². The van der Waals surface area contributed by atoms with Crippen LogP contribution < -0.4 is 0 Å². The van der Waals surface area contributed by atoms with E-state index < -0.39 is 5.97 Å². The third kappa shape index (κ3) is 5.92. The monoisotopic (exact) mass is 172 g/mol. The van der Waals surface area contributed by atoms with Crippen molar-refractivity contribution in [3.05, 3.63) is 12.2 Å². The van der Waals surface area contributed by atoms with Gasteiger partial charge in [-0.05, 0) is 26.2 Å². The van der Waals surface area contributed by atoms with Gasteiger partial charge in [-0.1, -0.05) is 13.0 Å². The highest BCUT2D eigenvalue weighted by Crippen LogP contribution is 2.08. The number of carbonyl (C=O) groups is 1. The number of aliphatic hydroxyl groups excluding tert-OH is 1. The van der Waals surface area contributed by atoms with Gasteiger partial charge in [-0.2, -0.15) is 0 Å². The molecule has 0 heterocycles. The molecule has 0 spiro atoms. The molecule has 0 aliphatic rings. The summed E-state index contributed by atoms with van der Waals surface area (Å²) < 4.78 is 0. The van der Waals surface area contributed by atoms with Crippen molar-refractivity contribution >= 4 is 5.97 Å². The minimum atomic E-state index is -0.924. The third-order valence-electron chi connectivity index (χ3n) is 1.65. The molecule has 70 valence electrons. The lowest BCUT2D eigenvalue weighted by Gasteiger charge is -2.03. The van der Waals surface area contributed by atoms with Crippen LogP contribution in [0, 0.1) is 0 Å². The average molecular weight is 172 g/mol. The molecule has 0 amide bonds. The lowest BCUT2D eigenvalue weighted by Crippen LogP contribution is -2.01. The Morgan fingerprint density at radius 3 is 2.50 bits per heavy atom. The van der Waals surface area contributed by atoms with Gasteiger partial charge >= 0.3 is 5.97 Å². The summed E-state index contributed by atoms with van der Waals surface area (Å²) in [6.45, 7) is 5.14. The van der Waals surface area contributed by atoms with Crippen molar-refractivity contribution in [2.45, 2.75) is 38.7 Å². The average Bonchev–Trinajstić information content (AvgIpc) is 1.97. The van der Waals surface area contributed by atoms with Gasteiger partial charge in [0.1, 0.15) is 0 Å². The van der Waals surface area contributed by atoms with Crippen LogP contribution in [0.1, 0.15) is 32.6 Å². The van der Waals surface area contributed by atoms with E-state index in [1.807, 2.05) is 0 Å². The first-order chi connectivity index (χ1) is 5.54. The van der Waals surface area contributed by atoms with Crippen molar-refractivity contribution in [2.24, 2.45) is 0 Å². The second-order valence-electron chi connectivity index (χ2n) is 3.00. The first kappa shape index (κ1) is 11.2. The van der Waals surface area contributed by atoms with Crippen LogP contribution in [-0.2, 0) is 4.79 Å². The van der Waals surface area contributed by atoms with E-state index in [1.54, 1.807) is 6.92 Å². The van der Waals surface area contributed by atoms with Crippen LogP contribution in [0.25, 0.3) is 0 Å². The number of aliphatic carboxylic acids is 1. The zero-order valence-electron chi connectivity index (χ0n) is 7.42. The Hall–Kier alpha value is -0.830. The standard InChI is InChI=1S/C9H16O3/c1-7(9(11)12)5-3-4-6-8(2)10/h8,10H,1,3-6H2,2H3,(H,11,12)/t8-/m1/s1. The smallest absolute Gasteiger partial charge is 0.330 e. The van der Waals surface area contributed by atoms with E-state index in [4.69, 9.17) is 10.2 Å². The van der Waals surface area contributed by atoms with Gasteiger partial charge in [0, 0.05) is 5.57 Å². The summed E-state index contributed by atoms with van der Waals surface area (Å²) in [6.07, 6.45) is 2.60. The molecule has 0 unspecified atom stereocenters. The number of carboxylic acids is 1. The molecule has 0 aromatic rings. The lowest BCUT2D eigenvalue weighted by atomic mass is 10.1. The molecule has 3 heteroatoms. The maximum atomic E-state index is 10.3. The van der Waals surface area contributed by atoms with Crippen molar-refractivity contribution in [1.29, 1.82) is 0 Å². The summed E-state index contributed by atoms with van der Waals surface area (Å²) in [5.74, 6) is -0.924. The molecule has 12 heavy (non-hydrogen) atoms. The Morgan fingerprint density at radius 2 is 2.08 bits per heavy atom. The lowest BCUT2D eigenvalue weighted by molar-refractivity contribution is -0.132. The molecule has 0 saturated carbocycles. The molecule has 0 rings (SSSR count). The first-order valence-corrected chi connectivity index (χ1v) is 4.13. The summed E-state index contributed by atoms with van der Waals surface area (Å²) in [4.78, 5) is 10.3. The van der Waals surface area contributed by atoms with E-state index in [2.05, 4.69) is 6.58 Å². The highest BCUT2D eigenvalue weighted by atomic mass is 16.4. The minimum absolute atomic E-state index is 0.251. The predicted molar refractivity (Wildman–Crippen MR) is 46.9 cm³/mol. The van der Waals surface area contributed by atoms with Crippen LogP contribution in [0.4, 0.5) is 0 Å². The Morgan fingerprint density at radius 1 is 1.50 bits per heavy atom. The van der Waals surface area contributed by atoms with Gasteiger partial charge < -0.3 is 10.2 Å². The summed E-state index contributed by atoms with van der Waals surface area (Å²) in [5, 5.41) is 17.3. The fourth-order valence-electron chi connectivity index (χ4n) is 0.885. The van der Waals surface area contributed by atoms with Crippen LogP contribution in [-0.4, -0.2) is 22.3 Å². The van der Waals surface area contributed by atoms with Gasteiger partial charge in [-0.3, -0.25) is 0 Å². The van der Waals surface area contributed by atoms with E-state index in [0.29, 0.717) is 6.42 Å². The molecule has 0 radical (unpaired) electrons. The summed E-state index contributed by atoms with van der Waals surface area (Å²) >= 11 is 0. The maximum absolute atomic E-state index is 10.3. The van der Waals surface area contributed by atoms with Gasteiger partial charge in [-0.15, -0.1) is 0 Å². The molecular formula is C9H16O3. The highest BCUT2D eigenvalue weighted by molar-refractivity contribution is 5.85. The molecule has 0 aromatic heterocycles. The summed E-state index contributed by atoms with van der Waals surface area (Å²) in [6, 6.07) is 0. The number of aliphatic hydroxyl groups is 1. The Labute approximate surface area is 72.7 Å². The van der Waals surface area contributed by atoms with E-state index in [9.17, 15) is 4.79 Å². The second kappa shape index (κ2) is 5.77. The minimum Gasteiger partial charge on any atom is -0.478 e. The number of hydrogen-bond donors (Lipinski definition) is 2. The largest absolute Gasteiger partial charge is 0.478 e. The number of rotatable bonds is 6. The summed E-state index contributed by atoms with van der Waals surface area (Å²) in [5.41, 5.74) is 0.251. The van der Waals surface area contributed by atoms with Crippen LogP contribution >= 0.6 is 0 Å². The molecule has 3 nitrogen and oxygen atoms in total. The maximum Gasteiger partial charge on any atom is 0.330 e. The molecule has 0 aliphatic carbocycles. The number of hydrogen-bond acceptors (Lipinski definition) is 2. The van der Waals surface area contributed by atoms with Gasteiger partial charge in [-0.25, -0.2) is 4.79 Å².